The zero-order valence-electron chi connectivity index (χ0n) is 8.82. The molecule has 2 bridgehead atoms. The van der Waals surface area contributed by atoms with Crippen LogP contribution < -0.4 is 5.73 Å². The van der Waals surface area contributed by atoms with Gasteiger partial charge in [-0.25, -0.2) is 0 Å². The molecule has 2 aliphatic heterocycles. The lowest BCUT2D eigenvalue weighted by atomic mass is 9.97. The Hall–Kier alpha value is -0.590. The molecule has 3 heteroatoms. The van der Waals surface area contributed by atoms with Crippen molar-refractivity contribution in [1.82, 2.24) is 4.90 Å². The van der Waals surface area contributed by atoms with Crippen molar-refractivity contribution in [3.05, 3.63) is 0 Å². The Kier molecular flexibility index (Phi) is 2.76. The van der Waals surface area contributed by atoms with E-state index in [1.165, 1.54) is 12.8 Å². The molecule has 2 heterocycles. The molecule has 3 unspecified atom stereocenters. The Balaban J connectivity index is 1.98. The number of piperidine rings is 1. The second kappa shape index (κ2) is 3.88. The summed E-state index contributed by atoms with van der Waals surface area (Å²) in [6.45, 7) is 2.95. The first-order valence-electron chi connectivity index (χ1n) is 5.61. The van der Waals surface area contributed by atoms with Crippen LogP contribution in [0.25, 0.3) is 0 Å². The van der Waals surface area contributed by atoms with E-state index in [-0.39, 0.29) is 5.92 Å². The molecular formula is C11H19N3. The van der Waals surface area contributed by atoms with Crippen LogP contribution in [0.4, 0.5) is 0 Å². The molecule has 0 aliphatic carbocycles. The summed E-state index contributed by atoms with van der Waals surface area (Å²) in [4.78, 5) is 2.53. The van der Waals surface area contributed by atoms with Crippen molar-refractivity contribution in [3.8, 4) is 6.07 Å². The Morgan fingerprint density at radius 3 is 2.50 bits per heavy atom. The first-order chi connectivity index (χ1) is 6.70. The van der Waals surface area contributed by atoms with E-state index in [1.54, 1.807) is 0 Å². The quantitative estimate of drug-likeness (QED) is 0.714. The van der Waals surface area contributed by atoms with Crippen LogP contribution >= 0.6 is 0 Å². The minimum atomic E-state index is 0.160. The number of rotatable bonds is 2. The van der Waals surface area contributed by atoms with E-state index < -0.39 is 0 Å². The van der Waals surface area contributed by atoms with Gasteiger partial charge in [-0.2, -0.15) is 5.26 Å². The van der Waals surface area contributed by atoms with Gasteiger partial charge < -0.3 is 5.73 Å². The highest BCUT2D eigenvalue weighted by molar-refractivity contribution is 4.98. The summed E-state index contributed by atoms with van der Waals surface area (Å²) in [5.74, 6) is 0.160. The third-order valence-corrected chi connectivity index (χ3v) is 3.63. The molecule has 2 rings (SSSR count). The standard InChI is InChI=1S/C11H19N3/c1-8(6-12)7-14-10-2-3-11(14)5-9(13)4-10/h8-11H,2-5,7,13H2,1H3. The topological polar surface area (TPSA) is 53.0 Å². The highest BCUT2D eigenvalue weighted by Gasteiger charge is 2.39. The third-order valence-electron chi connectivity index (χ3n) is 3.63. The van der Waals surface area contributed by atoms with Gasteiger partial charge in [0.1, 0.15) is 0 Å². The maximum Gasteiger partial charge on any atom is 0.0666 e. The van der Waals surface area contributed by atoms with Crippen LogP contribution in [0, 0.1) is 17.2 Å². The fraction of sp³-hybridized carbons (Fsp3) is 0.909. The molecule has 2 N–H and O–H groups in total. The van der Waals surface area contributed by atoms with E-state index >= 15 is 0 Å². The molecule has 14 heavy (non-hydrogen) atoms. The van der Waals surface area contributed by atoms with Gasteiger partial charge in [-0.3, -0.25) is 4.90 Å². The van der Waals surface area contributed by atoms with Gasteiger partial charge in [0.05, 0.1) is 12.0 Å². The SMILES string of the molecule is CC(C#N)CN1C2CCC1CC(N)C2. The zero-order chi connectivity index (χ0) is 10.1. The van der Waals surface area contributed by atoms with Gasteiger partial charge in [-0.15, -0.1) is 0 Å². The minimum absolute atomic E-state index is 0.160. The third kappa shape index (κ3) is 1.77. The Morgan fingerprint density at radius 2 is 2.00 bits per heavy atom. The minimum Gasteiger partial charge on any atom is -0.328 e. The lowest BCUT2D eigenvalue weighted by molar-refractivity contribution is 0.118. The molecule has 0 radical (unpaired) electrons. The average Bonchev–Trinajstić information content (AvgIpc) is 2.41. The average molecular weight is 193 g/mol. The Morgan fingerprint density at radius 1 is 1.43 bits per heavy atom. The number of nitrogens with zero attached hydrogens (tertiary/aromatic N) is 2. The van der Waals surface area contributed by atoms with Crippen LogP contribution in [0.1, 0.15) is 32.6 Å². The van der Waals surface area contributed by atoms with E-state index in [1.807, 2.05) is 6.92 Å². The molecule has 3 atom stereocenters. The highest BCUT2D eigenvalue weighted by Crippen LogP contribution is 2.35. The van der Waals surface area contributed by atoms with Gasteiger partial charge in [0.25, 0.3) is 0 Å². The molecule has 3 nitrogen and oxygen atoms in total. The summed E-state index contributed by atoms with van der Waals surface area (Å²) in [7, 11) is 0. The molecule has 0 amide bonds. The van der Waals surface area contributed by atoms with Crippen LogP contribution in [-0.2, 0) is 0 Å². The van der Waals surface area contributed by atoms with Crippen LogP contribution in [0.3, 0.4) is 0 Å². The Labute approximate surface area is 85.9 Å². The number of nitriles is 1. The predicted octanol–water partition coefficient (Wildman–Crippen LogP) is 1.10. The van der Waals surface area contributed by atoms with Crippen molar-refractivity contribution in [2.75, 3.05) is 6.54 Å². The first kappa shape index (κ1) is 9.95. The van der Waals surface area contributed by atoms with Crippen molar-refractivity contribution < 1.29 is 0 Å². The first-order valence-corrected chi connectivity index (χ1v) is 5.61. The van der Waals surface area contributed by atoms with Crippen molar-refractivity contribution in [3.63, 3.8) is 0 Å². The summed E-state index contributed by atoms with van der Waals surface area (Å²) in [5.41, 5.74) is 5.99. The molecule has 0 aromatic carbocycles. The molecule has 2 aliphatic rings. The van der Waals surface area contributed by atoms with Gasteiger partial charge in [-0.1, -0.05) is 0 Å². The van der Waals surface area contributed by atoms with Crippen LogP contribution in [0.2, 0.25) is 0 Å². The van der Waals surface area contributed by atoms with E-state index in [9.17, 15) is 0 Å². The lowest BCUT2D eigenvalue weighted by Crippen LogP contribution is -2.48. The molecule has 0 aromatic rings. The molecule has 2 fully saturated rings. The van der Waals surface area contributed by atoms with E-state index in [2.05, 4.69) is 11.0 Å². The van der Waals surface area contributed by atoms with Gasteiger partial charge in [0.15, 0.2) is 0 Å². The maximum atomic E-state index is 8.81. The highest BCUT2D eigenvalue weighted by atomic mass is 15.2. The van der Waals surface area contributed by atoms with Gasteiger partial charge in [0, 0.05) is 24.7 Å². The fourth-order valence-corrected chi connectivity index (χ4v) is 2.97. The van der Waals surface area contributed by atoms with Gasteiger partial charge in [-0.05, 0) is 32.6 Å². The summed E-state index contributed by atoms with van der Waals surface area (Å²) < 4.78 is 0. The lowest BCUT2D eigenvalue weighted by Gasteiger charge is -2.38. The van der Waals surface area contributed by atoms with Crippen LogP contribution in [0.15, 0.2) is 0 Å². The molecule has 0 saturated carbocycles. The Bertz CT molecular complexity index is 231. The van der Waals surface area contributed by atoms with E-state index in [4.69, 9.17) is 11.0 Å². The smallest absolute Gasteiger partial charge is 0.0666 e. The van der Waals surface area contributed by atoms with Gasteiger partial charge in [0.2, 0.25) is 0 Å². The fourth-order valence-electron chi connectivity index (χ4n) is 2.97. The summed E-state index contributed by atoms with van der Waals surface area (Å²) in [6, 6.07) is 4.06. The molecule has 0 spiro atoms. The molecule has 2 saturated heterocycles. The predicted molar refractivity (Wildman–Crippen MR) is 55.5 cm³/mol. The van der Waals surface area contributed by atoms with Gasteiger partial charge >= 0.3 is 0 Å². The summed E-state index contributed by atoms with van der Waals surface area (Å²) in [6.07, 6.45) is 4.84. The normalized spacial score (nSPS) is 39.4. The van der Waals surface area contributed by atoms with Crippen molar-refractivity contribution in [1.29, 1.82) is 5.26 Å². The number of fused-ring (bicyclic) bond motifs is 2. The largest absolute Gasteiger partial charge is 0.328 e. The van der Waals surface area contributed by atoms with Crippen LogP contribution in [0.5, 0.6) is 0 Å². The van der Waals surface area contributed by atoms with E-state index in [0.29, 0.717) is 18.1 Å². The summed E-state index contributed by atoms with van der Waals surface area (Å²) in [5, 5.41) is 8.81. The maximum absolute atomic E-state index is 8.81. The number of nitrogens with two attached hydrogens (primary N) is 1. The van der Waals surface area contributed by atoms with Crippen molar-refractivity contribution >= 4 is 0 Å². The molecule has 0 aromatic heterocycles. The monoisotopic (exact) mass is 193 g/mol. The van der Waals surface area contributed by atoms with E-state index in [0.717, 1.165) is 19.4 Å². The second-order valence-electron chi connectivity index (χ2n) is 4.84. The molecular weight excluding hydrogens is 174 g/mol. The molecule has 78 valence electrons. The summed E-state index contributed by atoms with van der Waals surface area (Å²) >= 11 is 0. The second-order valence-corrected chi connectivity index (χ2v) is 4.84. The number of hydrogen-bond donors (Lipinski definition) is 1. The van der Waals surface area contributed by atoms with Crippen molar-refractivity contribution in [2.45, 2.75) is 50.7 Å². The number of hydrogen-bond acceptors (Lipinski definition) is 3. The van der Waals surface area contributed by atoms with Crippen molar-refractivity contribution in [2.24, 2.45) is 11.7 Å². The van der Waals surface area contributed by atoms with Crippen LogP contribution in [-0.4, -0.2) is 29.6 Å². The zero-order valence-corrected chi connectivity index (χ0v) is 8.82.